The van der Waals surface area contributed by atoms with Gasteiger partial charge in [0.05, 0.1) is 0 Å². The Labute approximate surface area is 104 Å². The molecule has 0 saturated carbocycles. The summed E-state index contributed by atoms with van der Waals surface area (Å²) in [6, 6.07) is 10.6. The molecule has 0 spiro atoms. The zero-order valence-electron chi connectivity index (χ0n) is 10.5. The molecule has 0 radical (unpaired) electrons. The smallest absolute Gasteiger partial charge is 0.0205 e. The van der Waals surface area contributed by atoms with Gasteiger partial charge in [-0.15, -0.1) is 0 Å². The van der Waals surface area contributed by atoms with Crippen LogP contribution in [0, 0.1) is 0 Å². The Morgan fingerprint density at radius 1 is 1.12 bits per heavy atom. The number of piperazine rings is 1. The zero-order chi connectivity index (χ0) is 11.8. The van der Waals surface area contributed by atoms with Crippen molar-refractivity contribution in [1.29, 1.82) is 0 Å². The summed E-state index contributed by atoms with van der Waals surface area (Å²) in [5.41, 5.74) is 1.37. The predicted molar refractivity (Wildman–Crippen MR) is 72.1 cm³/mol. The van der Waals surface area contributed by atoms with Crippen LogP contribution in [-0.2, 0) is 6.54 Å². The Morgan fingerprint density at radius 2 is 1.88 bits per heavy atom. The highest BCUT2D eigenvalue weighted by atomic mass is 15.2. The van der Waals surface area contributed by atoms with E-state index in [0.717, 1.165) is 26.2 Å². The van der Waals surface area contributed by atoms with Crippen molar-refractivity contribution in [2.75, 3.05) is 39.3 Å². The summed E-state index contributed by atoms with van der Waals surface area (Å²) in [7, 11) is 0. The summed E-state index contributed by atoms with van der Waals surface area (Å²) in [6.45, 7) is 8.04. The van der Waals surface area contributed by atoms with E-state index in [1.165, 1.54) is 31.6 Å². The standard InChI is InChI=1S/C14H23N3/c1-2-5-14(6-3-1)13-16-7-4-10-17-11-8-15-9-12-17/h1-3,5-6,15-16H,4,7-13H2. The lowest BCUT2D eigenvalue weighted by atomic mass is 10.2. The monoisotopic (exact) mass is 233 g/mol. The van der Waals surface area contributed by atoms with E-state index >= 15 is 0 Å². The summed E-state index contributed by atoms with van der Waals surface area (Å²) in [6.07, 6.45) is 1.24. The van der Waals surface area contributed by atoms with E-state index in [2.05, 4.69) is 45.9 Å². The van der Waals surface area contributed by atoms with Gasteiger partial charge in [0.25, 0.3) is 0 Å². The Morgan fingerprint density at radius 3 is 2.65 bits per heavy atom. The normalized spacial score (nSPS) is 17.2. The van der Waals surface area contributed by atoms with E-state index < -0.39 is 0 Å². The minimum atomic E-state index is 0.988. The molecule has 1 aliphatic rings. The van der Waals surface area contributed by atoms with Crippen molar-refractivity contribution in [1.82, 2.24) is 15.5 Å². The van der Waals surface area contributed by atoms with Crippen LogP contribution in [0.5, 0.6) is 0 Å². The van der Waals surface area contributed by atoms with Gasteiger partial charge < -0.3 is 15.5 Å². The minimum absolute atomic E-state index is 0.988. The maximum atomic E-state index is 3.50. The van der Waals surface area contributed by atoms with E-state index in [4.69, 9.17) is 0 Å². The third kappa shape index (κ3) is 4.86. The number of nitrogens with zero attached hydrogens (tertiary/aromatic N) is 1. The first-order valence-corrected chi connectivity index (χ1v) is 6.63. The second kappa shape index (κ2) is 7.43. The molecule has 2 rings (SSSR count). The second-order valence-corrected chi connectivity index (χ2v) is 4.61. The maximum absolute atomic E-state index is 3.50. The van der Waals surface area contributed by atoms with Crippen molar-refractivity contribution in [3.63, 3.8) is 0 Å². The van der Waals surface area contributed by atoms with Gasteiger partial charge in [0.15, 0.2) is 0 Å². The summed E-state index contributed by atoms with van der Waals surface area (Å²) >= 11 is 0. The number of nitrogens with one attached hydrogen (secondary N) is 2. The Bertz CT molecular complexity index is 294. The molecule has 0 unspecified atom stereocenters. The van der Waals surface area contributed by atoms with Crippen molar-refractivity contribution < 1.29 is 0 Å². The summed E-state index contributed by atoms with van der Waals surface area (Å²) in [5.74, 6) is 0. The van der Waals surface area contributed by atoms with Crippen LogP contribution < -0.4 is 10.6 Å². The van der Waals surface area contributed by atoms with Crippen LogP contribution in [0.2, 0.25) is 0 Å². The van der Waals surface area contributed by atoms with Gasteiger partial charge in [-0.1, -0.05) is 30.3 Å². The number of hydrogen-bond acceptors (Lipinski definition) is 3. The molecule has 3 heteroatoms. The van der Waals surface area contributed by atoms with E-state index in [0.29, 0.717) is 0 Å². The van der Waals surface area contributed by atoms with Gasteiger partial charge in [-0.3, -0.25) is 0 Å². The molecule has 0 amide bonds. The highest BCUT2D eigenvalue weighted by molar-refractivity contribution is 5.14. The van der Waals surface area contributed by atoms with Crippen molar-refractivity contribution in [2.24, 2.45) is 0 Å². The minimum Gasteiger partial charge on any atom is -0.314 e. The molecule has 1 heterocycles. The fourth-order valence-corrected chi connectivity index (χ4v) is 2.19. The molecule has 3 nitrogen and oxygen atoms in total. The lowest BCUT2D eigenvalue weighted by molar-refractivity contribution is 0.237. The molecule has 94 valence electrons. The van der Waals surface area contributed by atoms with Crippen LogP contribution in [0.3, 0.4) is 0 Å². The van der Waals surface area contributed by atoms with Crippen molar-refractivity contribution in [2.45, 2.75) is 13.0 Å². The molecule has 1 fully saturated rings. The fourth-order valence-electron chi connectivity index (χ4n) is 2.19. The van der Waals surface area contributed by atoms with Gasteiger partial charge in [0, 0.05) is 32.7 Å². The summed E-state index contributed by atoms with van der Waals surface area (Å²) in [4.78, 5) is 2.54. The van der Waals surface area contributed by atoms with Gasteiger partial charge in [-0.05, 0) is 25.1 Å². The molecule has 17 heavy (non-hydrogen) atoms. The van der Waals surface area contributed by atoms with Crippen LogP contribution in [0.4, 0.5) is 0 Å². The van der Waals surface area contributed by atoms with Crippen LogP contribution in [0.15, 0.2) is 30.3 Å². The third-order valence-corrected chi connectivity index (χ3v) is 3.21. The molecule has 1 aromatic rings. The first-order chi connectivity index (χ1) is 8.45. The van der Waals surface area contributed by atoms with Gasteiger partial charge in [0.2, 0.25) is 0 Å². The van der Waals surface area contributed by atoms with Gasteiger partial charge in [0.1, 0.15) is 0 Å². The molecule has 2 N–H and O–H groups in total. The molecular formula is C14H23N3. The molecule has 0 aliphatic carbocycles. The Kier molecular flexibility index (Phi) is 5.49. The fraction of sp³-hybridized carbons (Fsp3) is 0.571. The molecule has 1 aliphatic heterocycles. The second-order valence-electron chi connectivity index (χ2n) is 4.61. The number of hydrogen-bond donors (Lipinski definition) is 2. The molecule has 1 saturated heterocycles. The summed E-state index contributed by atoms with van der Waals surface area (Å²) < 4.78 is 0. The van der Waals surface area contributed by atoms with Crippen LogP contribution >= 0.6 is 0 Å². The SMILES string of the molecule is c1ccc(CNCCCN2CCNCC2)cc1. The quantitative estimate of drug-likeness (QED) is 0.720. The van der Waals surface area contributed by atoms with E-state index in [1.54, 1.807) is 0 Å². The first-order valence-electron chi connectivity index (χ1n) is 6.63. The van der Waals surface area contributed by atoms with E-state index in [9.17, 15) is 0 Å². The average molecular weight is 233 g/mol. The van der Waals surface area contributed by atoms with Crippen LogP contribution in [0.1, 0.15) is 12.0 Å². The molecular weight excluding hydrogens is 210 g/mol. The average Bonchev–Trinajstić information content (AvgIpc) is 2.41. The van der Waals surface area contributed by atoms with E-state index in [-0.39, 0.29) is 0 Å². The number of benzene rings is 1. The molecule has 0 aromatic heterocycles. The Balaban J connectivity index is 1.51. The van der Waals surface area contributed by atoms with Gasteiger partial charge in [-0.25, -0.2) is 0 Å². The van der Waals surface area contributed by atoms with Crippen molar-refractivity contribution in [3.8, 4) is 0 Å². The first kappa shape index (κ1) is 12.6. The van der Waals surface area contributed by atoms with Gasteiger partial charge in [-0.2, -0.15) is 0 Å². The highest BCUT2D eigenvalue weighted by Gasteiger charge is 2.07. The van der Waals surface area contributed by atoms with Crippen molar-refractivity contribution in [3.05, 3.63) is 35.9 Å². The highest BCUT2D eigenvalue weighted by Crippen LogP contribution is 1.98. The lowest BCUT2D eigenvalue weighted by Crippen LogP contribution is -2.44. The summed E-state index contributed by atoms with van der Waals surface area (Å²) in [5, 5.41) is 6.88. The van der Waals surface area contributed by atoms with Gasteiger partial charge >= 0.3 is 0 Å². The largest absolute Gasteiger partial charge is 0.314 e. The maximum Gasteiger partial charge on any atom is 0.0205 e. The Hall–Kier alpha value is -0.900. The topological polar surface area (TPSA) is 27.3 Å². The predicted octanol–water partition coefficient (Wildman–Crippen LogP) is 1.07. The molecule has 1 aromatic carbocycles. The van der Waals surface area contributed by atoms with E-state index in [1.807, 2.05) is 0 Å². The molecule has 0 bridgehead atoms. The lowest BCUT2D eigenvalue weighted by Gasteiger charge is -2.27. The van der Waals surface area contributed by atoms with Crippen molar-refractivity contribution >= 4 is 0 Å². The molecule has 0 atom stereocenters. The third-order valence-electron chi connectivity index (χ3n) is 3.21. The van der Waals surface area contributed by atoms with Crippen LogP contribution in [0.25, 0.3) is 0 Å². The van der Waals surface area contributed by atoms with Crippen LogP contribution in [-0.4, -0.2) is 44.2 Å². The zero-order valence-corrected chi connectivity index (χ0v) is 10.5. The number of rotatable bonds is 6.